The molecule has 1 aromatic heterocycles. The molecule has 0 bridgehead atoms. The number of hydrogen-bond acceptors (Lipinski definition) is 4. The van der Waals surface area contributed by atoms with Crippen molar-refractivity contribution in [3.63, 3.8) is 0 Å². The molecule has 0 aliphatic heterocycles. The summed E-state index contributed by atoms with van der Waals surface area (Å²) in [6.45, 7) is 1.95. The van der Waals surface area contributed by atoms with Gasteiger partial charge in [-0.2, -0.15) is 5.10 Å². The minimum Gasteiger partial charge on any atom is -0.272 e. The highest BCUT2D eigenvalue weighted by Crippen LogP contribution is 2.29. The SMILES string of the molecule is Cc1cc(SCC(=O)N/N=C/c2ccc(Br)cc2)c2cc(Br)ccc2n1. The van der Waals surface area contributed by atoms with Crippen molar-refractivity contribution in [3.8, 4) is 0 Å². The Morgan fingerprint density at radius 1 is 1.15 bits per heavy atom. The molecule has 26 heavy (non-hydrogen) atoms. The van der Waals surface area contributed by atoms with Gasteiger partial charge in [0.25, 0.3) is 0 Å². The second kappa shape index (κ2) is 8.79. The van der Waals surface area contributed by atoms with Gasteiger partial charge in [-0.15, -0.1) is 11.8 Å². The van der Waals surface area contributed by atoms with Gasteiger partial charge in [-0.25, -0.2) is 5.43 Å². The van der Waals surface area contributed by atoms with E-state index in [4.69, 9.17) is 0 Å². The molecular weight excluding hydrogens is 478 g/mol. The molecule has 2 aromatic carbocycles. The number of benzene rings is 2. The Bertz CT molecular complexity index is 974. The van der Waals surface area contributed by atoms with Crippen LogP contribution in [0.3, 0.4) is 0 Å². The number of amides is 1. The summed E-state index contributed by atoms with van der Waals surface area (Å²) < 4.78 is 1.99. The summed E-state index contributed by atoms with van der Waals surface area (Å²) in [6, 6.07) is 15.6. The number of carbonyl (C=O) groups excluding carboxylic acids is 1. The van der Waals surface area contributed by atoms with Gasteiger partial charge < -0.3 is 0 Å². The number of hydrogen-bond donors (Lipinski definition) is 1. The van der Waals surface area contributed by atoms with Crippen LogP contribution in [-0.4, -0.2) is 22.9 Å². The van der Waals surface area contributed by atoms with E-state index in [0.717, 1.165) is 36.0 Å². The van der Waals surface area contributed by atoms with E-state index in [1.54, 1.807) is 6.21 Å². The normalized spacial score (nSPS) is 11.2. The molecule has 0 atom stereocenters. The predicted octanol–water partition coefficient (Wildman–Crippen LogP) is 5.31. The summed E-state index contributed by atoms with van der Waals surface area (Å²) in [5.41, 5.74) is 5.33. The minimum absolute atomic E-state index is 0.152. The second-order valence-corrected chi connectivity index (χ2v) is 8.41. The molecule has 132 valence electrons. The van der Waals surface area contributed by atoms with E-state index >= 15 is 0 Å². The van der Waals surface area contributed by atoms with Gasteiger partial charge in [0, 0.05) is 24.9 Å². The van der Waals surface area contributed by atoms with E-state index in [1.807, 2.05) is 55.5 Å². The first-order valence-corrected chi connectivity index (χ1v) is 10.4. The van der Waals surface area contributed by atoms with Crippen LogP contribution in [0.2, 0.25) is 0 Å². The summed E-state index contributed by atoms with van der Waals surface area (Å²) in [5.74, 6) is 0.129. The number of aryl methyl sites for hydroxylation is 1. The van der Waals surface area contributed by atoms with E-state index < -0.39 is 0 Å². The minimum atomic E-state index is -0.152. The first kappa shape index (κ1) is 19.1. The van der Waals surface area contributed by atoms with Crippen LogP contribution in [0, 0.1) is 6.92 Å². The predicted molar refractivity (Wildman–Crippen MR) is 115 cm³/mol. The van der Waals surface area contributed by atoms with Crippen LogP contribution in [0.5, 0.6) is 0 Å². The van der Waals surface area contributed by atoms with Crippen molar-refractivity contribution >= 4 is 66.6 Å². The van der Waals surface area contributed by atoms with E-state index in [9.17, 15) is 4.79 Å². The zero-order valence-electron chi connectivity index (χ0n) is 13.9. The molecule has 0 unspecified atom stereocenters. The molecule has 0 radical (unpaired) electrons. The van der Waals surface area contributed by atoms with Crippen molar-refractivity contribution in [1.29, 1.82) is 0 Å². The van der Waals surface area contributed by atoms with E-state index in [-0.39, 0.29) is 11.7 Å². The topological polar surface area (TPSA) is 54.4 Å². The van der Waals surface area contributed by atoms with Crippen LogP contribution in [0.25, 0.3) is 10.9 Å². The van der Waals surface area contributed by atoms with E-state index in [1.165, 1.54) is 11.8 Å². The highest BCUT2D eigenvalue weighted by molar-refractivity contribution is 9.10. The van der Waals surface area contributed by atoms with Crippen LogP contribution < -0.4 is 5.43 Å². The van der Waals surface area contributed by atoms with Gasteiger partial charge in [0.1, 0.15) is 0 Å². The molecule has 3 aromatic rings. The lowest BCUT2D eigenvalue weighted by atomic mass is 10.2. The third-order valence-electron chi connectivity index (χ3n) is 3.49. The Balaban J connectivity index is 1.63. The lowest BCUT2D eigenvalue weighted by Crippen LogP contribution is -2.19. The average molecular weight is 493 g/mol. The Labute approximate surface area is 172 Å². The molecule has 3 rings (SSSR count). The molecule has 1 amide bonds. The molecule has 0 fully saturated rings. The quantitative estimate of drug-likeness (QED) is 0.298. The second-order valence-electron chi connectivity index (χ2n) is 5.56. The third-order valence-corrected chi connectivity index (χ3v) is 5.57. The zero-order valence-corrected chi connectivity index (χ0v) is 17.9. The van der Waals surface area contributed by atoms with Crippen molar-refractivity contribution in [3.05, 3.63) is 68.7 Å². The Kier molecular flexibility index (Phi) is 6.45. The van der Waals surface area contributed by atoms with Gasteiger partial charge in [0.05, 0.1) is 17.5 Å². The van der Waals surface area contributed by atoms with Gasteiger partial charge in [0.15, 0.2) is 0 Å². The number of nitrogens with zero attached hydrogens (tertiary/aromatic N) is 2. The molecule has 0 aliphatic rings. The number of hydrazone groups is 1. The van der Waals surface area contributed by atoms with Crippen LogP contribution >= 0.6 is 43.6 Å². The lowest BCUT2D eigenvalue weighted by molar-refractivity contribution is -0.118. The molecule has 7 heteroatoms. The van der Waals surface area contributed by atoms with Crippen LogP contribution in [0.15, 0.2) is 67.5 Å². The third kappa shape index (κ3) is 5.16. The van der Waals surface area contributed by atoms with Crippen molar-refractivity contribution in [2.75, 3.05) is 5.75 Å². The maximum absolute atomic E-state index is 12.1. The monoisotopic (exact) mass is 491 g/mol. The maximum Gasteiger partial charge on any atom is 0.250 e. The summed E-state index contributed by atoms with van der Waals surface area (Å²) in [5, 5.41) is 5.03. The van der Waals surface area contributed by atoms with Gasteiger partial charge in [-0.1, -0.05) is 44.0 Å². The number of rotatable bonds is 5. The maximum atomic E-state index is 12.1. The van der Waals surface area contributed by atoms with Crippen LogP contribution in [-0.2, 0) is 4.79 Å². The molecule has 1 N–H and O–H groups in total. The van der Waals surface area contributed by atoms with Crippen molar-refractivity contribution in [1.82, 2.24) is 10.4 Å². The fraction of sp³-hybridized carbons (Fsp3) is 0.105. The number of nitrogens with one attached hydrogen (secondary N) is 1. The summed E-state index contributed by atoms with van der Waals surface area (Å²) in [7, 11) is 0. The first-order valence-electron chi connectivity index (χ1n) is 7.78. The molecule has 0 saturated heterocycles. The smallest absolute Gasteiger partial charge is 0.250 e. The average Bonchev–Trinajstić information content (AvgIpc) is 2.62. The van der Waals surface area contributed by atoms with E-state index in [2.05, 4.69) is 47.4 Å². The van der Waals surface area contributed by atoms with Gasteiger partial charge in [-0.05, 0) is 48.9 Å². The number of halogens is 2. The molecule has 0 spiro atoms. The molecule has 0 aliphatic carbocycles. The fourth-order valence-corrected chi connectivity index (χ4v) is 3.86. The number of aromatic nitrogens is 1. The number of thioether (sulfide) groups is 1. The Morgan fingerprint density at radius 2 is 1.88 bits per heavy atom. The largest absolute Gasteiger partial charge is 0.272 e. The van der Waals surface area contributed by atoms with Crippen molar-refractivity contribution in [2.24, 2.45) is 5.10 Å². The van der Waals surface area contributed by atoms with Crippen LogP contribution in [0.4, 0.5) is 0 Å². The first-order chi connectivity index (χ1) is 12.5. The van der Waals surface area contributed by atoms with Gasteiger partial charge in [0.2, 0.25) is 5.91 Å². The Morgan fingerprint density at radius 3 is 2.65 bits per heavy atom. The molecule has 4 nitrogen and oxygen atoms in total. The van der Waals surface area contributed by atoms with Crippen molar-refractivity contribution in [2.45, 2.75) is 11.8 Å². The number of carbonyl (C=O) groups is 1. The number of fused-ring (bicyclic) bond motifs is 1. The lowest BCUT2D eigenvalue weighted by Gasteiger charge is -2.07. The van der Waals surface area contributed by atoms with E-state index in [0.29, 0.717) is 0 Å². The Hall–Kier alpha value is -1.70. The van der Waals surface area contributed by atoms with Crippen molar-refractivity contribution < 1.29 is 4.79 Å². The summed E-state index contributed by atoms with van der Waals surface area (Å²) >= 11 is 8.35. The van der Waals surface area contributed by atoms with Gasteiger partial charge >= 0.3 is 0 Å². The fourth-order valence-electron chi connectivity index (χ4n) is 2.32. The zero-order chi connectivity index (χ0) is 18.5. The standard InChI is InChI=1S/C19H15Br2N3OS/c1-12-8-18(16-9-15(21)6-7-17(16)23-12)26-11-19(25)24-22-10-13-2-4-14(20)5-3-13/h2-10H,11H2,1H3,(H,24,25)/b22-10+. The molecular formula is C19H15Br2N3OS. The van der Waals surface area contributed by atoms with Crippen LogP contribution in [0.1, 0.15) is 11.3 Å². The molecule has 1 heterocycles. The summed E-state index contributed by atoms with van der Waals surface area (Å²) in [4.78, 5) is 17.6. The molecule has 0 saturated carbocycles. The summed E-state index contributed by atoms with van der Waals surface area (Å²) in [6.07, 6.45) is 1.62. The van der Waals surface area contributed by atoms with Gasteiger partial charge in [-0.3, -0.25) is 9.78 Å². The highest BCUT2D eigenvalue weighted by atomic mass is 79.9. The highest BCUT2D eigenvalue weighted by Gasteiger charge is 2.08. The number of pyridine rings is 1.